The lowest BCUT2D eigenvalue weighted by atomic mass is 9.75. The van der Waals surface area contributed by atoms with E-state index in [0.717, 1.165) is 38.8 Å². The van der Waals surface area contributed by atoms with Crippen molar-refractivity contribution < 1.29 is 14.4 Å². The van der Waals surface area contributed by atoms with Crippen molar-refractivity contribution in [1.82, 2.24) is 10.8 Å². The highest BCUT2D eigenvalue weighted by Gasteiger charge is 2.38. The first kappa shape index (κ1) is 13.9. The summed E-state index contributed by atoms with van der Waals surface area (Å²) >= 11 is 0. The van der Waals surface area contributed by atoms with E-state index >= 15 is 0 Å². The minimum atomic E-state index is -0.597. The van der Waals surface area contributed by atoms with Crippen molar-refractivity contribution in [2.45, 2.75) is 32.6 Å². The molecule has 2 amide bonds. The Labute approximate surface area is 101 Å². The highest BCUT2D eigenvalue weighted by Crippen LogP contribution is 2.34. The summed E-state index contributed by atoms with van der Waals surface area (Å²) in [4.78, 5) is 27.4. The minimum Gasteiger partial charge on any atom is -0.368 e. The van der Waals surface area contributed by atoms with Crippen LogP contribution in [0.15, 0.2) is 0 Å². The summed E-state index contributed by atoms with van der Waals surface area (Å²) in [5, 5.41) is 3.23. The number of nitrogens with two attached hydrogens (primary N) is 1. The third-order valence-electron chi connectivity index (χ3n) is 3.15. The van der Waals surface area contributed by atoms with Crippen LogP contribution in [0.2, 0.25) is 0 Å². The Bertz CT molecular complexity index is 270. The summed E-state index contributed by atoms with van der Waals surface area (Å²) in [5.41, 5.74) is 6.90. The van der Waals surface area contributed by atoms with Gasteiger partial charge in [-0.15, -0.1) is 0 Å². The molecule has 6 nitrogen and oxygen atoms in total. The van der Waals surface area contributed by atoms with E-state index in [2.05, 4.69) is 17.7 Å². The van der Waals surface area contributed by atoms with Crippen molar-refractivity contribution in [2.75, 3.05) is 19.7 Å². The van der Waals surface area contributed by atoms with Gasteiger partial charge in [-0.2, -0.15) is 0 Å². The van der Waals surface area contributed by atoms with Gasteiger partial charge in [0.15, 0.2) is 6.61 Å². The number of nitrogens with one attached hydrogen (secondary N) is 2. The van der Waals surface area contributed by atoms with Crippen LogP contribution in [-0.4, -0.2) is 31.5 Å². The van der Waals surface area contributed by atoms with Crippen molar-refractivity contribution in [3.63, 3.8) is 0 Å². The van der Waals surface area contributed by atoms with E-state index in [0.29, 0.717) is 0 Å². The lowest BCUT2D eigenvalue weighted by Gasteiger charge is -2.35. The van der Waals surface area contributed by atoms with Crippen molar-refractivity contribution in [3.8, 4) is 0 Å². The molecule has 6 heteroatoms. The quantitative estimate of drug-likeness (QED) is 0.558. The van der Waals surface area contributed by atoms with Gasteiger partial charge in [0.1, 0.15) is 0 Å². The van der Waals surface area contributed by atoms with E-state index in [4.69, 9.17) is 10.6 Å². The van der Waals surface area contributed by atoms with E-state index < -0.39 is 5.91 Å². The number of primary amides is 1. The van der Waals surface area contributed by atoms with Crippen molar-refractivity contribution in [2.24, 2.45) is 11.1 Å². The Balaban J connectivity index is 2.50. The molecule has 0 aromatic heterocycles. The predicted molar refractivity (Wildman–Crippen MR) is 62.7 cm³/mol. The molecule has 0 aliphatic carbocycles. The molecule has 1 saturated heterocycles. The van der Waals surface area contributed by atoms with Gasteiger partial charge in [-0.25, -0.2) is 5.48 Å². The smallest absolute Gasteiger partial charge is 0.249 e. The molecule has 1 heterocycles. The molecule has 98 valence electrons. The molecular formula is C11H21N3O3. The SMILES string of the molecule is CCCC1(C(=O)NOCC(N)=O)CCNCC1. The van der Waals surface area contributed by atoms with E-state index in [9.17, 15) is 9.59 Å². The summed E-state index contributed by atoms with van der Waals surface area (Å²) in [7, 11) is 0. The first-order chi connectivity index (χ1) is 8.10. The van der Waals surface area contributed by atoms with Gasteiger partial charge in [-0.05, 0) is 32.4 Å². The molecule has 0 saturated carbocycles. The van der Waals surface area contributed by atoms with Crippen molar-refractivity contribution >= 4 is 11.8 Å². The van der Waals surface area contributed by atoms with E-state index in [-0.39, 0.29) is 17.9 Å². The minimum absolute atomic E-state index is 0.137. The number of hydrogen-bond acceptors (Lipinski definition) is 4. The van der Waals surface area contributed by atoms with Gasteiger partial charge >= 0.3 is 0 Å². The molecule has 1 rings (SSSR count). The largest absolute Gasteiger partial charge is 0.368 e. The predicted octanol–water partition coefficient (Wildman–Crippen LogP) is -0.311. The van der Waals surface area contributed by atoms with E-state index in [1.54, 1.807) is 0 Å². The second-order valence-corrected chi connectivity index (χ2v) is 4.47. The summed E-state index contributed by atoms with van der Waals surface area (Å²) < 4.78 is 0. The number of piperidine rings is 1. The number of rotatable bonds is 6. The third-order valence-corrected chi connectivity index (χ3v) is 3.15. The Morgan fingerprint density at radius 2 is 2.06 bits per heavy atom. The van der Waals surface area contributed by atoms with Crippen LogP contribution >= 0.6 is 0 Å². The maximum absolute atomic E-state index is 12.1. The van der Waals surface area contributed by atoms with Crippen LogP contribution in [0.25, 0.3) is 0 Å². The van der Waals surface area contributed by atoms with Crippen LogP contribution in [0, 0.1) is 5.41 Å². The van der Waals surface area contributed by atoms with Crippen molar-refractivity contribution in [3.05, 3.63) is 0 Å². The second-order valence-electron chi connectivity index (χ2n) is 4.47. The van der Waals surface area contributed by atoms with Gasteiger partial charge in [-0.1, -0.05) is 13.3 Å². The zero-order valence-electron chi connectivity index (χ0n) is 10.3. The lowest BCUT2D eigenvalue weighted by molar-refractivity contribution is -0.148. The van der Waals surface area contributed by atoms with E-state index in [1.165, 1.54) is 0 Å². The molecule has 0 spiro atoms. The average Bonchev–Trinajstić information content (AvgIpc) is 2.30. The normalized spacial score (nSPS) is 18.6. The fourth-order valence-electron chi connectivity index (χ4n) is 2.26. The molecule has 4 N–H and O–H groups in total. The Morgan fingerprint density at radius 1 is 1.41 bits per heavy atom. The van der Waals surface area contributed by atoms with Gasteiger partial charge in [-0.3, -0.25) is 14.4 Å². The number of carbonyl (C=O) groups excluding carboxylic acids is 2. The van der Waals surface area contributed by atoms with Crippen LogP contribution < -0.4 is 16.5 Å². The van der Waals surface area contributed by atoms with E-state index in [1.807, 2.05) is 0 Å². The molecule has 0 aromatic rings. The standard InChI is InChI=1S/C11H21N3O3/c1-2-3-11(4-6-13-7-5-11)10(16)14-17-8-9(12)15/h13H,2-8H2,1H3,(H2,12,15)(H,14,16). The molecule has 17 heavy (non-hydrogen) atoms. The fourth-order valence-corrected chi connectivity index (χ4v) is 2.26. The van der Waals surface area contributed by atoms with Crippen LogP contribution in [-0.2, 0) is 14.4 Å². The molecule has 0 bridgehead atoms. The van der Waals surface area contributed by atoms with Crippen LogP contribution in [0.1, 0.15) is 32.6 Å². The highest BCUT2D eigenvalue weighted by molar-refractivity contribution is 5.82. The van der Waals surface area contributed by atoms with Gasteiger partial charge in [0.2, 0.25) is 11.8 Å². The Kier molecular flexibility index (Phi) is 5.37. The summed E-state index contributed by atoms with van der Waals surface area (Å²) in [6, 6.07) is 0. The van der Waals surface area contributed by atoms with Crippen LogP contribution in [0.3, 0.4) is 0 Å². The first-order valence-corrected chi connectivity index (χ1v) is 6.02. The van der Waals surface area contributed by atoms with Crippen LogP contribution in [0.4, 0.5) is 0 Å². The molecule has 0 radical (unpaired) electrons. The average molecular weight is 243 g/mol. The third kappa shape index (κ3) is 3.98. The molecule has 1 aliphatic rings. The zero-order valence-corrected chi connectivity index (χ0v) is 10.3. The molecule has 0 aromatic carbocycles. The number of carbonyl (C=O) groups is 2. The van der Waals surface area contributed by atoms with Gasteiger partial charge < -0.3 is 11.1 Å². The molecule has 0 unspecified atom stereocenters. The topological polar surface area (TPSA) is 93.4 Å². The maximum Gasteiger partial charge on any atom is 0.249 e. The molecular weight excluding hydrogens is 222 g/mol. The van der Waals surface area contributed by atoms with Gasteiger partial charge in [0, 0.05) is 0 Å². The molecule has 1 aliphatic heterocycles. The summed E-state index contributed by atoms with van der Waals surface area (Å²) in [6.45, 7) is 3.44. The van der Waals surface area contributed by atoms with Gasteiger partial charge in [0.05, 0.1) is 5.41 Å². The van der Waals surface area contributed by atoms with Crippen LogP contribution in [0.5, 0.6) is 0 Å². The molecule has 1 fully saturated rings. The van der Waals surface area contributed by atoms with Gasteiger partial charge in [0.25, 0.3) is 0 Å². The fraction of sp³-hybridized carbons (Fsp3) is 0.818. The first-order valence-electron chi connectivity index (χ1n) is 6.02. The number of amides is 2. The monoisotopic (exact) mass is 243 g/mol. The molecule has 0 atom stereocenters. The lowest BCUT2D eigenvalue weighted by Crippen LogP contribution is -2.48. The Morgan fingerprint density at radius 3 is 2.59 bits per heavy atom. The maximum atomic E-state index is 12.1. The highest BCUT2D eigenvalue weighted by atomic mass is 16.7. The van der Waals surface area contributed by atoms with Crippen molar-refractivity contribution in [1.29, 1.82) is 0 Å². The number of hydroxylamine groups is 1. The summed E-state index contributed by atoms with van der Waals surface area (Å²) in [5.74, 6) is -0.734. The Hall–Kier alpha value is -1.14. The number of hydrogen-bond donors (Lipinski definition) is 3. The second kappa shape index (κ2) is 6.56. The summed E-state index contributed by atoms with van der Waals surface area (Å²) in [6.07, 6.45) is 3.38. The zero-order chi connectivity index (χ0) is 12.7.